The Balaban J connectivity index is 0. The normalized spacial score (nSPS) is 13.0. The molecule has 0 unspecified atom stereocenters. The molecule has 136 valence electrons. The average Bonchev–Trinajstić information content (AvgIpc) is 2.48. The number of carbonyl (C=O) groups excluding carboxylic acids is 2. The first-order chi connectivity index (χ1) is 11.1. The van der Waals surface area contributed by atoms with Gasteiger partial charge in [-0.05, 0) is 19.8 Å². The Morgan fingerprint density at radius 2 is 1.42 bits per heavy atom. The minimum Gasteiger partial charge on any atom is -0.377 e. The first-order valence-corrected chi connectivity index (χ1v) is 7.86. The highest BCUT2D eigenvalue weighted by atomic mass is 16.5. The summed E-state index contributed by atoms with van der Waals surface area (Å²) in [5.74, 6) is 0.0425. The minimum atomic E-state index is -0.544. The lowest BCUT2D eigenvalue weighted by Gasteiger charge is -2.27. The van der Waals surface area contributed by atoms with E-state index in [-0.39, 0.29) is 24.8 Å². The summed E-state index contributed by atoms with van der Waals surface area (Å²) < 4.78 is 9.88. The van der Waals surface area contributed by atoms with Crippen molar-refractivity contribution in [3.8, 4) is 12.8 Å². The fourth-order valence-electron chi connectivity index (χ4n) is 2.44. The molecule has 0 aromatic carbocycles. The first kappa shape index (κ1) is 24.6. The Morgan fingerprint density at radius 3 is 1.79 bits per heavy atom. The predicted octanol–water partition coefficient (Wildman–Crippen LogP) is 3.61. The summed E-state index contributed by atoms with van der Waals surface area (Å²) in [7, 11) is 2.94. The molecule has 0 aliphatic heterocycles. The monoisotopic (exact) mass is 336 g/mol. The van der Waals surface area contributed by atoms with Gasteiger partial charge in [-0.1, -0.05) is 39.3 Å². The number of rotatable bonds is 9. The Bertz CT molecular complexity index is 505. The largest absolute Gasteiger partial charge is 0.377 e. The molecule has 0 spiro atoms. The van der Waals surface area contributed by atoms with Crippen LogP contribution in [0.25, 0.3) is 0 Å². The lowest BCUT2D eigenvalue weighted by molar-refractivity contribution is -0.122. The van der Waals surface area contributed by atoms with Gasteiger partial charge in [0.15, 0.2) is 11.6 Å². The van der Waals surface area contributed by atoms with Crippen LogP contribution in [0.15, 0.2) is 22.8 Å². The molecule has 0 heterocycles. The summed E-state index contributed by atoms with van der Waals surface area (Å²) in [6.45, 7) is 11.8. The molecule has 24 heavy (non-hydrogen) atoms. The molecular formula is C20H32O4. The maximum Gasteiger partial charge on any atom is 0.185 e. The summed E-state index contributed by atoms with van der Waals surface area (Å²) in [5.41, 5.74) is 1.58. The highest BCUT2D eigenvalue weighted by Crippen LogP contribution is 2.34. The van der Waals surface area contributed by atoms with Gasteiger partial charge in [0.05, 0.1) is 0 Å². The topological polar surface area (TPSA) is 52.6 Å². The molecule has 0 fully saturated rings. The van der Waals surface area contributed by atoms with E-state index in [1.165, 1.54) is 19.8 Å². The van der Waals surface area contributed by atoms with Crippen LogP contribution >= 0.6 is 0 Å². The van der Waals surface area contributed by atoms with Crippen LogP contribution in [0.2, 0.25) is 0 Å². The van der Waals surface area contributed by atoms with Gasteiger partial charge in [0.1, 0.15) is 13.2 Å². The summed E-state index contributed by atoms with van der Waals surface area (Å²) in [6, 6.07) is 0. The summed E-state index contributed by atoms with van der Waals surface area (Å²) in [6.07, 6.45) is 10.1. The fraction of sp³-hybridized carbons (Fsp3) is 0.600. The van der Waals surface area contributed by atoms with Gasteiger partial charge in [-0.15, -0.1) is 12.8 Å². The molecule has 0 saturated carbocycles. The van der Waals surface area contributed by atoms with Crippen LogP contribution < -0.4 is 0 Å². The molecule has 0 amide bonds. The summed E-state index contributed by atoms with van der Waals surface area (Å²) >= 11 is 0. The van der Waals surface area contributed by atoms with Crippen molar-refractivity contribution in [1.82, 2.24) is 0 Å². The van der Waals surface area contributed by atoms with Crippen LogP contribution in [0.1, 0.15) is 41.5 Å². The molecule has 0 radical (unpaired) electrons. The van der Waals surface area contributed by atoms with Crippen molar-refractivity contribution < 1.29 is 19.1 Å². The number of Topliss-reactive ketones (excluding diaryl/α,β-unsaturated/α-hetero) is 2. The first-order valence-electron chi connectivity index (χ1n) is 7.86. The maximum atomic E-state index is 12.5. The Kier molecular flexibility index (Phi) is 12.0. The van der Waals surface area contributed by atoms with Gasteiger partial charge in [0, 0.05) is 30.8 Å². The summed E-state index contributed by atoms with van der Waals surface area (Å²) in [4.78, 5) is 24.6. The van der Waals surface area contributed by atoms with E-state index in [1.54, 1.807) is 6.92 Å². The highest BCUT2D eigenvalue weighted by Gasteiger charge is 2.30. The average molecular weight is 336 g/mol. The molecule has 0 aliphatic carbocycles. The predicted molar refractivity (Wildman–Crippen MR) is 98.7 cm³/mol. The van der Waals surface area contributed by atoms with E-state index < -0.39 is 5.41 Å². The Morgan fingerprint density at radius 1 is 1.00 bits per heavy atom. The lowest BCUT2D eigenvalue weighted by Crippen LogP contribution is -2.27. The van der Waals surface area contributed by atoms with Gasteiger partial charge in [-0.25, -0.2) is 0 Å². The number of methoxy groups -OCH3 is 2. The molecule has 0 aromatic heterocycles. The van der Waals surface area contributed by atoms with Crippen molar-refractivity contribution in [3.63, 3.8) is 0 Å². The smallest absolute Gasteiger partial charge is 0.185 e. The van der Waals surface area contributed by atoms with E-state index in [0.717, 1.165) is 0 Å². The van der Waals surface area contributed by atoms with E-state index in [4.69, 9.17) is 9.47 Å². The quantitative estimate of drug-likeness (QED) is 0.367. The highest BCUT2D eigenvalue weighted by molar-refractivity contribution is 6.08. The number of carbonyl (C=O) groups is 2. The second kappa shape index (κ2) is 11.8. The van der Waals surface area contributed by atoms with Crippen molar-refractivity contribution in [2.24, 2.45) is 11.3 Å². The lowest BCUT2D eigenvalue weighted by atomic mass is 9.76. The van der Waals surface area contributed by atoms with Crippen molar-refractivity contribution in [2.45, 2.75) is 41.5 Å². The van der Waals surface area contributed by atoms with Crippen LogP contribution in [0.4, 0.5) is 0 Å². The minimum absolute atomic E-state index is 0.0292. The standard InChI is InChI=1S/C18H30O4.C2H2/c1-12(2)13(3)9-18(5,6)17(16(20)11-22-8)14(4)15(19)10-21-7;1-2/h9,12H,10-11H2,1-8H3;1-2H/b13-9+,17-14+;. The van der Waals surface area contributed by atoms with Gasteiger partial charge >= 0.3 is 0 Å². The van der Waals surface area contributed by atoms with E-state index in [1.807, 2.05) is 20.8 Å². The molecule has 0 N–H and O–H groups in total. The zero-order valence-electron chi connectivity index (χ0n) is 16.4. The Hall–Kier alpha value is -1.70. The van der Waals surface area contributed by atoms with Gasteiger partial charge in [0.2, 0.25) is 0 Å². The second-order valence-corrected chi connectivity index (χ2v) is 6.48. The van der Waals surface area contributed by atoms with Crippen molar-refractivity contribution >= 4 is 11.6 Å². The van der Waals surface area contributed by atoms with E-state index >= 15 is 0 Å². The van der Waals surface area contributed by atoms with Gasteiger partial charge in [-0.2, -0.15) is 0 Å². The van der Waals surface area contributed by atoms with Crippen LogP contribution in [-0.2, 0) is 19.1 Å². The van der Waals surface area contributed by atoms with E-state index in [2.05, 4.69) is 32.8 Å². The second-order valence-electron chi connectivity index (χ2n) is 6.48. The molecule has 0 rings (SSSR count). The van der Waals surface area contributed by atoms with Crippen molar-refractivity contribution in [3.05, 3.63) is 22.8 Å². The summed E-state index contributed by atoms with van der Waals surface area (Å²) in [5, 5.41) is 0. The van der Waals surface area contributed by atoms with Crippen LogP contribution in [-0.4, -0.2) is 39.0 Å². The van der Waals surface area contributed by atoms with Crippen LogP contribution in [0.3, 0.4) is 0 Å². The van der Waals surface area contributed by atoms with E-state index in [9.17, 15) is 9.59 Å². The zero-order chi connectivity index (χ0) is 19.5. The van der Waals surface area contributed by atoms with Gasteiger partial charge < -0.3 is 9.47 Å². The van der Waals surface area contributed by atoms with Gasteiger partial charge in [-0.3, -0.25) is 9.59 Å². The van der Waals surface area contributed by atoms with Crippen molar-refractivity contribution in [1.29, 1.82) is 0 Å². The van der Waals surface area contributed by atoms with Crippen molar-refractivity contribution in [2.75, 3.05) is 27.4 Å². The molecule has 0 aliphatic rings. The third kappa shape index (κ3) is 7.72. The fourth-order valence-corrected chi connectivity index (χ4v) is 2.44. The third-order valence-corrected chi connectivity index (χ3v) is 3.77. The van der Waals surface area contributed by atoms with Crippen LogP contribution in [0.5, 0.6) is 0 Å². The molecule has 0 saturated heterocycles. The number of ketones is 2. The molecule has 0 bridgehead atoms. The number of hydrogen-bond donors (Lipinski definition) is 0. The van der Waals surface area contributed by atoms with Crippen LogP contribution in [0, 0.1) is 24.2 Å². The Labute approximate surface area is 147 Å². The number of terminal acetylenes is 1. The SMILES string of the molecule is C#C.COCC(=O)/C(C)=C(\C(=O)COC)C(C)(C)/C=C(\C)C(C)C. The van der Waals surface area contributed by atoms with Gasteiger partial charge in [0.25, 0.3) is 0 Å². The number of allylic oxidation sites excluding steroid dienone is 2. The maximum absolute atomic E-state index is 12.5. The molecule has 0 aromatic rings. The number of ether oxygens (including phenoxy) is 2. The molecule has 4 heteroatoms. The number of hydrogen-bond acceptors (Lipinski definition) is 4. The van der Waals surface area contributed by atoms with E-state index in [0.29, 0.717) is 17.1 Å². The molecule has 4 nitrogen and oxygen atoms in total. The molecule has 0 atom stereocenters. The third-order valence-electron chi connectivity index (χ3n) is 3.77. The zero-order valence-corrected chi connectivity index (χ0v) is 16.4. The molecular weight excluding hydrogens is 304 g/mol.